The van der Waals surface area contributed by atoms with E-state index in [4.69, 9.17) is 23.4 Å². The summed E-state index contributed by atoms with van der Waals surface area (Å²) in [5, 5.41) is 9.82. The van der Waals surface area contributed by atoms with Crippen molar-refractivity contribution in [3.8, 4) is 28.7 Å². The van der Waals surface area contributed by atoms with Crippen molar-refractivity contribution in [1.29, 1.82) is 0 Å². The lowest BCUT2D eigenvalue weighted by atomic mass is 9.89. The molecule has 0 saturated carbocycles. The van der Waals surface area contributed by atoms with Gasteiger partial charge in [-0.2, -0.15) is 0 Å². The van der Waals surface area contributed by atoms with Gasteiger partial charge in [-0.3, -0.25) is 4.79 Å². The number of fused-ring (bicyclic) bond motifs is 1. The zero-order chi connectivity index (χ0) is 27.5. The summed E-state index contributed by atoms with van der Waals surface area (Å²) < 4.78 is 28.0. The maximum absolute atomic E-state index is 12.5. The summed E-state index contributed by atoms with van der Waals surface area (Å²) >= 11 is 0. The molecule has 2 aromatic carbocycles. The van der Waals surface area contributed by atoms with Gasteiger partial charge in [-0.05, 0) is 48.7 Å². The van der Waals surface area contributed by atoms with Crippen molar-refractivity contribution in [2.45, 2.75) is 33.1 Å². The Morgan fingerprint density at radius 1 is 1.13 bits per heavy atom. The molecule has 2 aliphatic rings. The third-order valence-electron chi connectivity index (χ3n) is 6.84. The van der Waals surface area contributed by atoms with E-state index in [9.17, 15) is 14.7 Å². The molecule has 1 N–H and O–H groups in total. The second-order valence-corrected chi connectivity index (χ2v) is 10.2. The van der Waals surface area contributed by atoms with E-state index < -0.39 is 18.0 Å². The molecule has 1 amide bonds. The molecule has 5 rings (SSSR count). The summed E-state index contributed by atoms with van der Waals surface area (Å²) in [5.41, 5.74) is 2.40. The number of aromatic nitrogens is 1. The lowest BCUT2D eigenvalue weighted by Crippen LogP contribution is -2.31. The first-order chi connectivity index (χ1) is 18.8. The van der Waals surface area contributed by atoms with Gasteiger partial charge in [0.1, 0.15) is 11.5 Å². The van der Waals surface area contributed by atoms with E-state index in [-0.39, 0.29) is 31.7 Å². The molecule has 1 aromatic heterocycles. The number of carbonyl (C=O) groups is 2. The standard InChI is InChI=1S/C29H32N2O8/c1-17(2)15-36-29(34)31-13-22(23(14-31)28(32)33)19-5-4-6-21(11-19)35-10-9-24-18(3)39-27(30-24)20-7-8-25-26(12-20)38-16-37-25/h4-8,11-12,17,22-23H,9-10,13-16H2,1-3H3,(H,32,33)/t22-,23?/m0/s1. The molecular weight excluding hydrogens is 504 g/mol. The topological polar surface area (TPSA) is 121 Å². The van der Waals surface area contributed by atoms with Gasteiger partial charge in [0.2, 0.25) is 12.7 Å². The van der Waals surface area contributed by atoms with Crippen LogP contribution in [0.5, 0.6) is 17.2 Å². The highest BCUT2D eigenvalue weighted by molar-refractivity contribution is 5.75. The maximum atomic E-state index is 12.5. The molecule has 206 valence electrons. The number of carboxylic acid groups (broad SMARTS) is 1. The number of amides is 1. The minimum Gasteiger partial charge on any atom is -0.493 e. The number of oxazole rings is 1. The molecule has 2 atom stereocenters. The maximum Gasteiger partial charge on any atom is 0.409 e. The van der Waals surface area contributed by atoms with Crippen molar-refractivity contribution >= 4 is 12.1 Å². The molecule has 1 fully saturated rings. The highest BCUT2D eigenvalue weighted by Crippen LogP contribution is 2.37. The summed E-state index contributed by atoms with van der Waals surface area (Å²) in [6, 6.07) is 12.9. The Morgan fingerprint density at radius 2 is 1.95 bits per heavy atom. The van der Waals surface area contributed by atoms with Crippen molar-refractivity contribution in [1.82, 2.24) is 9.88 Å². The van der Waals surface area contributed by atoms with Crippen molar-refractivity contribution < 1.29 is 38.1 Å². The number of rotatable bonds is 9. The highest BCUT2D eigenvalue weighted by Gasteiger charge is 2.41. The van der Waals surface area contributed by atoms with Gasteiger partial charge in [-0.25, -0.2) is 9.78 Å². The minimum atomic E-state index is -0.940. The summed E-state index contributed by atoms with van der Waals surface area (Å²) in [5.74, 6) is 1.37. The van der Waals surface area contributed by atoms with Gasteiger partial charge >= 0.3 is 12.1 Å². The number of benzene rings is 2. The predicted molar refractivity (Wildman–Crippen MR) is 140 cm³/mol. The number of likely N-dealkylation sites (tertiary alicyclic amines) is 1. The Morgan fingerprint density at radius 3 is 2.74 bits per heavy atom. The van der Waals surface area contributed by atoms with Crippen LogP contribution in [0.3, 0.4) is 0 Å². The van der Waals surface area contributed by atoms with Gasteiger partial charge in [-0.15, -0.1) is 0 Å². The Bertz CT molecular complexity index is 1350. The van der Waals surface area contributed by atoms with Gasteiger partial charge in [0.15, 0.2) is 11.5 Å². The Labute approximate surface area is 226 Å². The van der Waals surface area contributed by atoms with Gasteiger partial charge in [0, 0.05) is 31.0 Å². The summed E-state index contributed by atoms with van der Waals surface area (Å²) in [4.78, 5) is 30.6. The van der Waals surface area contributed by atoms with E-state index in [2.05, 4.69) is 4.98 Å². The van der Waals surface area contributed by atoms with Crippen LogP contribution < -0.4 is 14.2 Å². The van der Waals surface area contributed by atoms with E-state index in [1.165, 1.54) is 4.90 Å². The quantitative estimate of drug-likeness (QED) is 0.407. The Hall–Kier alpha value is -4.21. The van der Waals surface area contributed by atoms with Gasteiger partial charge < -0.3 is 33.4 Å². The fraction of sp³-hybridized carbons (Fsp3) is 0.414. The van der Waals surface area contributed by atoms with Gasteiger partial charge in [0.05, 0.1) is 24.8 Å². The molecule has 0 radical (unpaired) electrons. The highest BCUT2D eigenvalue weighted by atomic mass is 16.7. The van der Waals surface area contributed by atoms with Gasteiger partial charge in [-0.1, -0.05) is 26.0 Å². The van der Waals surface area contributed by atoms with E-state index in [1.54, 1.807) is 0 Å². The average molecular weight is 537 g/mol. The molecule has 10 nitrogen and oxygen atoms in total. The van der Waals surface area contributed by atoms with Crippen LogP contribution in [-0.2, 0) is 16.0 Å². The lowest BCUT2D eigenvalue weighted by molar-refractivity contribution is -0.141. The second kappa shape index (κ2) is 11.3. The summed E-state index contributed by atoms with van der Waals surface area (Å²) in [6.07, 6.45) is 0.0498. The normalized spacial score (nSPS) is 18.0. The summed E-state index contributed by atoms with van der Waals surface area (Å²) in [6.45, 7) is 7.01. The SMILES string of the molecule is Cc1oc(-c2ccc3c(c2)OCO3)nc1CCOc1cccc([C@@H]2CN(C(=O)OCC(C)C)CC2C(=O)O)c1. The lowest BCUT2D eigenvalue weighted by Gasteiger charge is -2.17. The third kappa shape index (κ3) is 5.94. The molecule has 0 spiro atoms. The number of hydrogen-bond acceptors (Lipinski definition) is 8. The molecule has 0 aliphatic carbocycles. The average Bonchev–Trinajstić information content (AvgIpc) is 3.65. The van der Waals surface area contributed by atoms with Gasteiger partial charge in [0.25, 0.3) is 0 Å². The molecule has 3 heterocycles. The van der Waals surface area contributed by atoms with Crippen molar-refractivity contribution in [3.05, 3.63) is 59.5 Å². The van der Waals surface area contributed by atoms with Crippen LogP contribution in [0.4, 0.5) is 4.79 Å². The zero-order valence-corrected chi connectivity index (χ0v) is 22.2. The smallest absolute Gasteiger partial charge is 0.409 e. The van der Waals surface area contributed by atoms with Crippen LogP contribution in [0, 0.1) is 18.8 Å². The first kappa shape index (κ1) is 26.4. The number of hydrogen-bond donors (Lipinski definition) is 1. The Kier molecular flexibility index (Phi) is 7.63. The second-order valence-electron chi connectivity index (χ2n) is 10.2. The van der Waals surface area contributed by atoms with Crippen LogP contribution in [-0.4, -0.2) is 60.1 Å². The third-order valence-corrected chi connectivity index (χ3v) is 6.84. The van der Waals surface area contributed by atoms with Crippen molar-refractivity contribution in [2.75, 3.05) is 33.1 Å². The molecule has 3 aromatic rings. The molecule has 0 bridgehead atoms. The molecule has 39 heavy (non-hydrogen) atoms. The Balaban J connectivity index is 1.21. The number of ether oxygens (including phenoxy) is 4. The fourth-order valence-electron chi connectivity index (χ4n) is 4.78. The number of carboxylic acids is 1. The minimum absolute atomic E-state index is 0.110. The molecular formula is C29H32N2O8. The zero-order valence-electron chi connectivity index (χ0n) is 22.2. The van der Waals surface area contributed by atoms with Crippen LogP contribution in [0.2, 0.25) is 0 Å². The first-order valence-electron chi connectivity index (χ1n) is 13.0. The molecule has 1 saturated heterocycles. The van der Waals surface area contributed by atoms with E-state index >= 15 is 0 Å². The van der Waals surface area contributed by atoms with E-state index in [0.29, 0.717) is 48.5 Å². The molecule has 2 aliphatic heterocycles. The van der Waals surface area contributed by atoms with Crippen molar-refractivity contribution in [2.24, 2.45) is 11.8 Å². The predicted octanol–water partition coefficient (Wildman–Crippen LogP) is 4.89. The number of aryl methyl sites for hydroxylation is 1. The molecule has 10 heteroatoms. The molecule has 1 unspecified atom stereocenters. The number of aliphatic carboxylic acids is 1. The van der Waals surface area contributed by atoms with Crippen LogP contribution in [0.15, 0.2) is 46.9 Å². The fourth-order valence-corrected chi connectivity index (χ4v) is 4.78. The van der Waals surface area contributed by atoms with Crippen LogP contribution in [0.25, 0.3) is 11.5 Å². The largest absolute Gasteiger partial charge is 0.493 e. The van der Waals surface area contributed by atoms with E-state index in [0.717, 1.165) is 16.8 Å². The van der Waals surface area contributed by atoms with Crippen LogP contribution in [0.1, 0.15) is 36.8 Å². The number of carbonyl (C=O) groups excluding carboxylic acids is 1. The first-order valence-corrected chi connectivity index (χ1v) is 13.0. The monoisotopic (exact) mass is 536 g/mol. The summed E-state index contributed by atoms with van der Waals surface area (Å²) in [7, 11) is 0. The van der Waals surface area contributed by atoms with E-state index in [1.807, 2.05) is 63.2 Å². The van der Waals surface area contributed by atoms with Crippen molar-refractivity contribution in [3.63, 3.8) is 0 Å². The van der Waals surface area contributed by atoms with Crippen LogP contribution >= 0.6 is 0 Å². The number of nitrogens with zero attached hydrogens (tertiary/aromatic N) is 2.